The second kappa shape index (κ2) is 12.6. The molecule has 2 heterocycles. The standard InChI is InChI=1S/C20H14F12O12/c1-4-7(33)8(5(2)39-4)41-12-11(44-16(37)20(30,31)32)10(43-15(36)19(27,28)29)9(42-14(35)18(24,25)26)6(40-12)3-38-13(34)17(21,22)23/h4,6,9-12H,3H2,1-2H3/t4?,6-,9-,10+,11-,12+/m1/s1. The van der Waals surface area contributed by atoms with E-state index < -0.39 is 109 Å². The van der Waals surface area contributed by atoms with Gasteiger partial charge in [0.25, 0.3) is 0 Å². The third kappa shape index (κ3) is 8.78. The number of hydrogen-bond acceptors (Lipinski definition) is 12. The van der Waals surface area contributed by atoms with Gasteiger partial charge in [-0.25, -0.2) is 19.2 Å². The van der Waals surface area contributed by atoms with Crippen molar-refractivity contribution in [1.82, 2.24) is 0 Å². The van der Waals surface area contributed by atoms with Crippen molar-refractivity contribution in [1.29, 1.82) is 0 Å². The van der Waals surface area contributed by atoms with Crippen molar-refractivity contribution in [3.05, 3.63) is 11.5 Å². The van der Waals surface area contributed by atoms with E-state index in [1.54, 1.807) is 0 Å². The molecule has 2 aliphatic rings. The Morgan fingerprint density at radius 3 is 1.48 bits per heavy atom. The lowest BCUT2D eigenvalue weighted by atomic mass is 9.98. The predicted molar refractivity (Wildman–Crippen MR) is 103 cm³/mol. The van der Waals surface area contributed by atoms with Crippen molar-refractivity contribution in [3.8, 4) is 0 Å². The summed E-state index contributed by atoms with van der Waals surface area (Å²) in [5.41, 5.74) is 0. The lowest BCUT2D eigenvalue weighted by Crippen LogP contribution is -2.64. The maximum atomic E-state index is 13.0. The van der Waals surface area contributed by atoms with E-state index in [1.807, 2.05) is 0 Å². The van der Waals surface area contributed by atoms with Gasteiger partial charge in [-0.1, -0.05) is 0 Å². The Morgan fingerprint density at radius 1 is 0.682 bits per heavy atom. The highest BCUT2D eigenvalue weighted by atomic mass is 19.4. The first-order chi connectivity index (χ1) is 19.7. The Kier molecular flexibility index (Phi) is 10.3. The van der Waals surface area contributed by atoms with E-state index in [2.05, 4.69) is 18.9 Å². The molecular formula is C20H14F12O12. The third-order valence-corrected chi connectivity index (χ3v) is 5.13. The molecular weight excluding hydrogens is 660 g/mol. The second-order valence-electron chi connectivity index (χ2n) is 8.37. The fourth-order valence-electron chi connectivity index (χ4n) is 3.31. The summed E-state index contributed by atoms with van der Waals surface area (Å²) < 4.78 is 185. The molecule has 0 aliphatic carbocycles. The molecule has 2 rings (SSSR count). The molecule has 0 bridgehead atoms. The van der Waals surface area contributed by atoms with Gasteiger partial charge in [-0.2, -0.15) is 52.7 Å². The zero-order valence-electron chi connectivity index (χ0n) is 21.1. The fraction of sp³-hybridized carbons (Fsp3) is 0.650. The summed E-state index contributed by atoms with van der Waals surface area (Å²) in [5.74, 6) is -16.1. The highest BCUT2D eigenvalue weighted by Gasteiger charge is 2.60. The van der Waals surface area contributed by atoms with Crippen LogP contribution in [0.15, 0.2) is 11.5 Å². The molecule has 2 aliphatic heterocycles. The highest BCUT2D eigenvalue weighted by molar-refractivity contribution is 5.99. The summed E-state index contributed by atoms with van der Waals surface area (Å²) in [5, 5.41) is 0. The van der Waals surface area contributed by atoms with Crippen LogP contribution in [0.3, 0.4) is 0 Å². The van der Waals surface area contributed by atoms with Crippen molar-refractivity contribution in [2.75, 3.05) is 6.61 Å². The number of rotatable bonds is 7. The number of ether oxygens (including phenoxy) is 7. The van der Waals surface area contributed by atoms with E-state index in [4.69, 9.17) is 14.2 Å². The van der Waals surface area contributed by atoms with Gasteiger partial charge in [0.05, 0.1) is 0 Å². The van der Waals surface area contributed by atoms with Gasteiger partial charge in [0.2, 0.25) is 23.9 Å². The van der Waals surface area contributed by atoms with Gasteiger partial charge in [0.15, 0.2) is 18.3 Å². The summed E-state index contributed by atoms with van der Waals surface area (Å²) in [6.45, 7) is -0.0220. The molecule has 0 aromatic carbocycles. The Balaban J connectivity index is 2.73. The molecule has 1 saturated heterocycles. The Morgan fingerprint density at radius 2 is 1.09 bits per heavy atom. The Hall–Kier alpha value is -3.99. The van der Waals surface area contributed by atoms with Crippen LogP contribution in [-0.2, 0) is 57.1 Å². The molecule has 0 N–H and O–H groups in total. The number of alkyl halides is 12. The predicted octanol–water partition coefficient (Wildman–Crippen LogP) is 2.48. The number of ketones is 1. The summed E-state index contributed by atoms with van der Waals surface area (Å²) in [6, 6.07) is 0. The summed E-state index contributed by atoms with van der Waals surface area (Å²) in [6.07, 6.45) is -41.6. The van der Waals surface area contributed by atoms with Crippen LogP contribution in [0.1, 0.15) is 13.8 Å². The van der Waals surface area contributed by atoms with Crippen molar-refractivity contribution >= 4 is 29.7 Å². The van der Waals surface area contributed by atoms with E-state index >= 15 is 0 Å². The summed E-state index contributed by atoms with van der Waals surface area (Å²) in [4.78, 5) is 58.3. The van der Waals surface area contributed by atoms with Gasteiger partial charge in [-0.15, -0.1) is 0 Å². The van der Waals surface area contributed by atoms with Gasteiger partial charge < -0.3 is 33.2 Å². The van der Waals surface area contributed by atoms with E-state index in [0.29, 0.717) is 0 Å². The number of Topliss-reactive ketones (excluding diaryl/α,β-unsaturated/α-hetero) is 1. The quantitative estimate of drug-likeness (QED) is 0.222. The molecule has 0 saturated carbocycles. The zero-order chi connectivity index (χ0) is 34.2. The number of hydrogen-bond donors (Lipinski definition) is 0. The first kappa shape index (κ1) is 36.2. The monoisotopic (exact) mass is 674 g/mol. The lowest BCUT2D eigenvalue weighted by molar-refractivity contribution is -0.315. The second-order valence-corrected chi connectivity index (χ2v) is 8.37. The first-order valence-corrected chi connectivity index (χ1v) is 11.1. The van der Waals surface area contributed by atoms with Crippen molar-refractivity contribution < 1.29 is 110 Å². The smallest absolute Gasteiger partial charge is 0.483 e. The molecule has 0 amide bonds. The number of allylic oxidation sites excluding steroid dienone is 1. The summed E-state index contributed by atoms with van der Waals surface area (Å²) in [7, 11) is 0. The molecule has 12 nitrogen and oxygen atoms in total. The lowest BCUT2D eigenvalue weighted by Gasteiger charge is -2.44. The van der Waals surface area contributed by atoms with E-state index in [0.717, 1.165) is 13.8 Å². The van der Waals surface area contributed by atoms with Gasteiger partial charge in [0.1, 0.15) is 18.5 Å². The molecule has 24 heteroatoms. The average Bonchev–Trinajstić information content (AvgIpc) is 3.08. The zero-order valence-corrected chi connectivity index (χ0v) is 21.1. The number of esters is 4. The fourth-order valence-corrected chi connectivity index (χ4v) is 3.31. The van der Waals surface area contributed by atoms with Crippen LogP contribution < -0.4 is 0 Å². The molecule has 1 fully saturated rings. The van der Waals surface area contributed by atoms with Crippen LogP contribution in [0.2, 0.25) is 0 Å². The highest BCUT2D eigenvalue weighted by Crippen LogP contribution is 2.36. The number of carbonyl (C=O) groups is 5. The Bertz CT molecular complexity index is 1190. The number of halogens is 12. The molecule has 1 unspecified atom stereocenters. The topological polar surface area (TPSA) is 150 Å². The van der Waals surface area contributed by atoms with Crippen LogP contribution in [0, 0.1) is 0 Å². The molecule has 0 radical (unpaired) electrons. The molecule has 0 aromatic heterocycles. The third-order valence-electron chi connectivity index (χ3n) is 5.13. The first-order valence-electron chi connectivity index (χ1n) is 11.1. The van der Waals surface area contributed by atoms with Gasteiger partial charge in [0, 0.05) is 0 Å². The van der Waals surface area contributed by atoms with Crippen molar-refractivity contribution in [2.24, 2.45) is 0 Å². The van der Waals surface area contributed by atoms with Crippen LogP contribution in [0.5, 0.6) is 0 Å². The van der Waals surface area contributed by atoms with Gasteiger partial charge >= 0.3 is 48.6 Å². The largest absolute Gasteiger partial charge is 0.490 e. The van der Waals surface area contributed by atoms with E-state index in [1.165, 1.54) is 0 Å². The van der Waals surface area contributed by atoms with Crippen molar-refractivity contribution in [2.45, 2.75) is 75.4 Å². The van der Waals surface area contributed by atoms with Gasteiger partial charge in [-0.05, 0) is 13.8 Å². The minimum absolute atomic E-state index is 0.526. The average molecular weight is 674 g/mol. The normalized spacial score (nSPS) is 26.5. The minimum Gasteiger partial charge on any atom is -0.483 e. The minimum atomic E-state index is -6.12. The van der Waals surface area contributed by atoms with Crippen LogP contribution in [0.25, 0.3) is 0 Å². The molecule has 0 spiro atoms. The van der Waals surface area contributed by atoms with Crippen molar-refractivity contribution in [3.63, 3.8) is 0 Å². The van der Waals surface area contributed by atoms with Crippen LogP contribution in [-0.4, -0.2) is 97.8 Å². The molecule has 250 valence electrons. The maximum absolute atomic E-state index is 13.0. The number of carbonyl (C=O) groups excluding carboxylic acids is 5. The Labute approximate surface area is 234 Å². The van der Waals surface area contributed by atoms with Gasteiger partial charge in [-0.3, -0.25) is 4.79 Å². The maximum Gasteiger partial charge on any atom is 0.490 e. The summed E-state index contributed by atoms with van der Waals surface area (Å²) >= 11 is 0. The molecule has 6 atom stereocenters. The van der Waals surface area contributed by atoms with Crippen LogP contribution >= 0.6 is 0 Å². The SMILES string of the molecule is CC1=C(O[C@@H]2O[C@H](COC(=O)C(F)(F)F)[C@@H](OC(=O)C(F)(F)F)[C@H](OC(=O)C(F)(F)F)[C@H]2OC(=O)C(F)(F)F)C(=O)C(C)O1. The van der Waals surface area contributed by atoms with E-state index in [9.17, 15) is 76.7 Å². The molecule has 44 heavy (non-hydrogen) atoms. The van der Waals surface area contributed by atoms with Crippen LogP contribution in [0.4, 0.5) is 52.7 Å². The molecule has 0 aromatic rings. The van der Waals surface area contributed by atoms with E-state index in [-0.39, 0.29) is 0 Å².